The fourth-order valence-electron chi connectivity index (χ4n) is 2.81. The molecular formula is C16H10ClN3O6. The number of nitrogens with zero attached hydrogens (tertiary/aromatic N) is 3. The first-order chi connectivity index (χ1) is 12.3. The van der Waals surface area contributed by atoms with Gasteiger partial charge in [-0.2, -0.15) is 0 Å². The van der Waals surface area contributed by atoms with Crippen LogP contribution < -0.4 is 0 Å². The molecule has 0 bridgehead atoms. The fourth-order valence-corrected chi connectivity index (χ4v) is 2.93. The number of amides is 2. The number of rotatable bonds is 5. The number of halogens is 1. The number of carbonyl (C=O) groups is 2. The molecule has 9 nitrogen and oxygen atoms in total. The Kier molecular flexibility index (Phi) is 4.39. The summed E-state index contributed by atoms with van der Waals surface area (Å²) in [5, 5.41) is 22.4. The van der Waals surface area contributed by atoms with Gasteiger partial charge in [0.2, 0.25) is 6.54 Å². The minimum atomic E-state index is -1.16. The molecule has 0 aromatic heterocycles. The lowest BCUT2D eigenvalue weighted by atomic mass is 10.1. The first-order valence-electron chi connectivity index (χ1n) is 7.33. The average Bonchev–Trinajstić information content (AvgIpc) is 2.84. The van der Waals surface area contributed by atoms with E-state index in [0.29, 0.717) is 10.6 Å². The summed E-state index contributed by atoms with van der Waals surface area (Å²) in [6.07, 6.45) is 0. The summed E-state index contributed by atoms with van der Waals surface area (Å²) in [7, 11) is 0. The number of hydrogen-bond acceptors (Lipinski definition) is 6. The first-order valence-corrected chi connectivity index (χ1v) is 7.71. The van der Waals surface area contributed by atoms with E-state index in [9.17, 15) is 29.8 Å². The van der Waals surface area contributed by atoms with Crippen LogP contribution in [0, 0.1) is 20.2 Å². The zero-order chi connectivity index (χ0) is 19.0. The molecule has 1 unspecified atom stereocenters. The molecule has 1 aliphatic rings. The fraction of sp³-hybridized carbons (Fsp3) is 0.125. The van der Waals surface area contributed by atoms with E-state index in [1.54, 1.807) is 0 Å². The molecule has 10 heteroatoms. The Labute approximate surface area is 151 Å². The van der Waals surface area contributed by atoms with Gasteiger partial charge in [-0.05, 0) is 23.8 Å². The Morgan fingerprint density at radius 2 is 1.58 bits per heavy atom. The summed E-state index contributed by atoms with van der Waals surface area (Å²) >= 11 is 5.81. The molecule has 2 aromatic carbocycles. The molecule has 2 aromatic rings. The van der Waals surface area contributed by atoms with Crippen LogP contribution in [0.5, 0.6) is 0 Å². The van der Waals surface area contributed by atoms with Gasteiger partial charge >= 0.3 is 0 Å². The second-order valence-corrected chi connectivity index (χ2v) is 5.99. The molecule has 0 saturated heterocycles. The normalized spacial score (nSPS) is 14.3. The monoisotopic (exact) mass is 375 g/mol. The maximum absolute atomic E-state index is 12.7. The van der Waals surface area contributed by atoms with Gasteiger partial charge in [-0.1, -0.05) is 23.7 Å². The summed E-state index contributed by atoms with van der Waals surface area (Å²) in [5.41, 5.74) is -0.159. The van der Waals surface area contributed by atoms with Crippen LogP contribution in [-0.4, -0.2) is 33.1 Å². The van der Waals surface area contributed by atoms with E-state index in [-0.39, 0.29) is 16.8 Å². The maximum Gasteiger partial charge on any atom is 0.270 e. The SMILES string of the molecule is O=C1c2ccc([N+](=O)[O-])cc2C(=O)N1C(C[N+](=O)[O-])c1ccc(Cl)cc1. The number of non-ortho nitro benzene ring substituents is 1. The Balaban J connectivity index is 2.06. The summed E-state index contributed by atoms with van der Waals surface area (Å²) < 4.78 is 0. The number of benzene rings is 2. The lowest BCUT2D eigenvalue weighted by molar-refractivity contribution is -0.486. The third-order valence-corrected chi connectivity index (χ3v) is 4.25. The van der Waals surface area contributed by atoms with Gasteiger partial charge in [0.15, 0.2) is 0 Å². The predicted molar refractivity (Wildman–Crippen MR) is 89.7 cm³/mol. The standard InChI is InChI=1S/C16H10ClN3O6/c17-10-3-1-9(2-4-10)14(8-18(23)24)19-15(21)12-6-5-11(20(25)26)7-13(12)16(19)22/h1-7,14H,8H2. The minimum Gasteiger partial charge on any atom is -0.269 e. The number of nitro benzene ring substituents is 1. The summed E-state index contributed by atoms with van der Waals surface area (Å²) in [5.74, 6) is -1.54. The van der Waals surface area contributed by atoms with Crippen molar-refractivity contribution in [2.45, 2.75) is 6.04 Å². The Bertz CT molecular complexity index is 944. The summed E-state index contributed by atoms with van der Waals surface area (Å²) in [4.78, 5) is 46.7. The molecule has 1 heterocycles. The first kappa shape index (κ1) is 17.5. The lowest BCUT2D eigenvalue weighted by Crippen LogP contribution is -2.37. The maximum atomic E-state index is 12.7. The van der Waals surface area contributed by atoms with Gasteiger partial charge in [-0.15, -0.1) is 0 Å². The molecular weight excluding hydrogens is 366 g/mol. The van der Waals surface area contributed by atoms with Gasteiger partial charge in [0, 0.05) is 22.1 Å². The van der Waals surface area contributed by atoms with Crippen LogP contribution in [0.3, 0.4) is 0 Å². The zero-order valence-corrected chi connectivity index (χ0v) is 13.8. The topological polar surface area (TPSA) is 124 Å². The molecule has 0 aliphatic carbocycles. The number of imide groups is 1. The number of carbonyl (C=O) groups excluding carboxylic acids is 2. The van der Waals surface area contributed by atoms with Crippen LogP contribution in [0.15, 0.2) is 42.5 Å². The van der Waals surface area contributed by atoms with Gasteiger partial charge in [0.05, 0.1) is 16.1 Å². The summed E-state index contributed by atoms with van der Waals surface area (Å²) in [6, 6.07) is 8.09. The van der Waals surface area contributed by atoms with Crippen LogP contribution in [0.2, 0.25) is 5.02 Å². The highest BCUT2D eigenvalue weighted by atomic mass is 35.5. The number of fused-ring (bicyclic) bond motifs is 1. The lowest BCUT2D eigenvalue weighted by Gasteiger charge is -2.23. The van der Waals surface area contributed by atoms with E-state index in [4.69, 9.17) is 11.6 Å². The van der Waals surface area contributed by atoms with Crippen molar-refractivity contribution in [3.8, 4) is 0 Å². The smallest absolute Gasteiger partial charge is 0.269 e. The predicted octanol–water partition coefficient (Wildman–Crippen LogP) is 2.86. The molecule has 0 N–H and O–H groups in total. The minimum absolute atomic E-state index is 0.0251. The molecule has 0 saturated carbocycles. The Morgan fingerprint density at radius 3 is 2.15 bits per heavy atom. The number of nitro groups is 2. The van der Waals surface area contributed by atoms with Crippen molar-refractivity contribution >= 4 is 29.1 Å². The number of hydrogen-bond donors (Lipinski definition) is 0. The van der Waals surface area contributed by atoms with Gasteiger partial charge < -0.3 is 0 Å². The molecule has 0 fully saturated rings. The van der Waals surface area contributed by atoms with Gasteiger partial charge in [0.1, 0.15) is 6.04 Å². The molecule has 3 rings (SSSR count). The highest BCUT2D eigenvalue weighted by Crippen LogP contribution is 2.33. The molecule has 132 valence electrons. The van der Waals surface area contributed by atoms with Crippen LogP contribution in [0.1, 0.15) is 32.3 Å². The van der Waals surface area contributed by atoms with Crippen molar-refractivity contribution in [3.63, 3.8) is 0 Å². The third-order valence-electron chi connectivity index (χ3n) is 4.00. The van der Waals surface area contributed by atoms with E-state index in [1.165, 1.54) is 30.3 Å². The summed E-state index contributed by atoms with van der Waals surface area (Å²) in [6.45, 7) is -0.699. The van der Waals surface area contributed by atoms with Crippen molar-refractivity contribution in [3.05, 3.63) is 84.4 Å². The van der Waals surface area contributed by atoms with Crippen molar-refractivity contribution < 1.29 is 19.4 Å². The van der Waals surface area contributed by atoms with Crippen molar-refractivity contribution in [1.82, 2.24) is 4.90 Å². The van der Waals surface area contributed by atoms with Gasteiger partial charge in [-0.25, -0.2) is 0 Å². The average molecular weight is 376 g/mol. The largest absolute Gasteiger partial charge is 0.270 e. The Hall–Kier alpha value is -3.33. The van der Waals surface area contributed by atoms with Crippen molar-refractivity contribution in [2.24, 2.45) is 0 Å². The second-order valence-electron chi connectivity index (χ2n) is 5.55. The highest BCUT2D eigenvalue weighted by Gasteiger charge is 2.43. The van der Waals surface area contributed by atoms with Gasteiger partial charge in [-0.3, -0.25) is 34.7 Å². The van der Waals surface area contributed by atoms with Crippen molar-refractivity contribution in [2.75, 3.05) is 6.54 Å². The third kappa shape index (κ3) is 3.00. The van der Waals surface area contributed by atoms with Crippen molar-refractivity contribution in [1.29, 1.82) is 0 Å². The van der Waals surface area contributed by atoms with E-state index >= 15 is 0 Å². The van der Waals surface area contributed by atoms with Crippen LogP contribution >= 0.6 is 11.6 Å². The van der Waals surface area contributed by atoms with Crippen LogP contribution in [-0.2, 0) is 0 Å². The van der Waals surface area contributed by atoms with Crippen LogP contribution in [0.4, 0.5) is 5.69 Å². The highest BCUT2D eigenvalue weighted by molar-refractivity contribution is 6.30. The van der Waals surface area contributed by atoms with Crippen LogP contribution in [0.25, 0.3) is 0 Å². The zero-order valence-electron chi connectivity index (χ0n) is 13.0. The van der Waals surface area contributed by atoms with Gasteiger partial charge in [0.25, 0.3) is 17.5 Å². The molecule has 1 atom stereocenters. The molecule has 0 radical (unpaired) electrons. The van der Waals surface area contributed by atoms with E-state index in [2.05, 4.69) is 0 Å². The molecule has 26 heavy (non-hydrogen) atoms. The molecule has 1 aliphatic heterocycles. The van der Waals surface area contributed by atoms with E-state index in [0.717, 1.165) is 17.0 Å². The van der Waals surface area contributed by atoms with E-state index < -0.39 is 34.2 Å². The molecule has 0 spiro atoms. The molecule has 2 amide bonds. The Morgan fingerprint density at radius 1 is 0.962 bits per heavy atom. The van der Waals surface area contributed by atoms with E-state index in [1.807, 2.05) is 0 Å². The quantitative estimate of drug-likeness (QED) is 0.449. The second kappa shape index (κ2) is 6.52.